The highest BCUT2D eigenvalue weighted by atomic mass is 16.4. The lowest BCUT2D eigenvalue weighted by atomic mass is 10.1. The molecule has 1 fully saturated rings. The van der Waals surface area contributed by atoms with Crippen LogP contribution in [0.1, 0.15) is 41.6 Å². The van der Waals surface area contributed by atoms with Crippen LogP contribution in [0.4, 0.5) is 0 Å². The van der Waals surface area contributed by atoms with Gasteiger partial charge in [-0.3, -0.25) is 9.59 Å². The molecular formula is C18H26N2O3. The molecule has 5 heteroatoms. The summed E-state index contributed by atoms with van der Waals surface area (Å²) in [6.45, 7) is 6.29. The Morgan fingerprint density at radius 3 is 2.70 bits per heavy atom. The highest BCUT2D eigenvalue weighted by Crippen LogP contribution is 2.11. The van der Waals surface area contributed by atoms with Gasteiger partial charge in [-0.25, -0.2) is 0 Å². The van der Waals surface area contributed by atoms with Crippen LogP contribution in [0, 0.1) is 6.92 Å². The molecule has 0 radical (unpaired) electrons. The fourth-order valence-electron chi connectivity index (χ4n) is 2.97. The first kappa shape index (κ1) is 17.5. The molecule has 0 bridgehead atoms. The van der Waals surface area contributed by atoms with E-state index in [0.717, 1.165) is 63.1 Å². The molecule has 1 amide bonds. The summed E-state index contributed by atoms with van der Waals surface area (Å²) in [6.07, 6.45) is 2.83. The molecule has 1 heterocycles. The highest BCUT2D eigenvalue weighted by molar-refractivity contribution is 5.94. The van der Waals surface area contributed by atoms with Crippen LogP contribution in [0.3, 0.4) is 0 Å². The first-order chi connectivity index (χ1) is 11.1. The van der Waals surface area contributed by atoms with Crippen LogP contribution in [0.5, 0.6) is 0 Å². The Morgan fingerprint density at radius 1 is 1.13 bits per heavy atom. The van der Waals surface area contributed by atoms with E-state index in [2.05, 4.69) is 4.90 Å². The highest BCUT2D eigenvalue weighted by Gasteiger charge is 2.20. The van der Waals surface area contributed by atoms with Crippen molar-refractivity contribution >= 4 is 11.9 Å². The molecule has 0 spiro atoms. The Morgan fingerprint density at radius 2 is 1.96 bits per heavy atom. The van der Waals surface area contributed by atoms with Gasteiger partial charge in [-0.05, 0) is 51.4 Å². The molecule has 1 aromatic carbocycles. The average molecular weight is 318 g/mol. The molecule has 1 aliphatic rings. The quantitative estimate of drug-likeness (QED) is 0.818. The van der Waals surface area contributed by atoms with Crippen LogP contribution in [-0.2, 0) is 4.79 Å². The van der Waals surface area contributed by atoms with Gasteiger partial charge >= 0.3 is 5.97 Å². The number of carboxylic acids is 1. The van der Waals surface area contributed by atoms with Crippen LogP contribution in [-0.4, -0.2) is 59.5 Å². The second-order valence-electron chi connectivity index (χ2n) is 6.21. The summed E-state index contributed by atoms with van der Waals surface area (Å²) >= 11 is 0. The Bertz CT molecular complexity index is 545. The fraction of sp³-hybridized carbons (Fsp3) is 0.556. The van der Waals surface area contributed by atoms with E-state index in [1.807, 2.05) is 36.1 Å². The van der Waals surface area contributed by atoms with E-state index >= 15 is 0 Å². The van der Waals surface area contributed by atoms with Gasteiger partial charge < -0.3 is 14.9 Å². The van der Waals surface area contributed by atoms with Gasteiger partial charge in [0.15, 0.2) is 0 Å². The molecule has 23 heavy (non-hydrogen) atoms. The minimum Gasteiger partial charge on any atom is -0.481 e. The Labute approximate surface area is 137 Å². The second-order valence-corrected chi connectivity index (χ2v) is 6.21. The van der Waals surface area contributed by atoms with Gasteiger partial charge in [0.1, 0.15) is 0 Å². The van der Waals surface area contributed by atoms with E-state index < -0.39 is 5.97 Å². The van der Waals surface area contributed by atoms with E-state index in [-0.39, 0.29) is 12.3 Å². The van der Waals surface area contributed by atoms with E-state index in [0.29, 0.717) is 0 Å². The maximum atomic E-state index is 12.6. The summed E-state index contributed by atoms with van der Waals surface area (Å²) in [5, 5.41) is 8.66. The van der Waals surface area contributed by atoms with Crippen molar-refractivity contribution in [1.29, 1.82) is 0 Å². The lowest BCUT2D eigenvalue weighted by Gasteiger charge is -2.22. The molecule has 1 saturated heterocycles. The summed E-state index contributed by atoms with van der Waals surface area (Å²) in [5.41, 5.74) is 1.87. The van der Waals surface area contributed by atoms with Crippen molar-refractivity contribution < 1.29 is 14.7 Å². The minimum atomic E-state index is -0.726. The van der Waals surface area contributed by atoms with Crippen LogP contribution in [0.15, 0.2) is 24.3 Å². The minimum absolute atomic E-state index is 0.112. The summed E-state index contributed by atoms with van der Waals surface area (Å²) in [6, 6.07) is 7.74. The van der Waals surface area contributed by atoms with Crippen molar-refractivity contribution in [1.82, 2.24) is 9.80 Å². The molecule has 0 atom stereocenters. The Hall–Kier alpha value is -1.88. The van der Waals surface area contributed by atoms with Crippen LogP contribution >= 0.6 is 0 Å². The van der Waals surface area contributed by atoms with Crippen molar-refractivity contribution in [3.05, 3.63) is 35.4 Å². The molecule has 1 aromatic rings. The summed E-state index contributed by atoms with van der Waals surface area (Å²) in [4.78, 5) is 27.4. The summed E-state index contributed by atoms with van der Waals surface area (Å²) in [7, 11) is 0. The fourth-order valence-corrected chi connectivity index (χ4v) is 2.97. The predicted molar refractivity (Wildman–Crippen MR) is 89.6 cm³/mol. The zero-order valence-corrected chi connectivity index (χ0v) is 13.8. The number of unbranched alkanes of at least 4 members (excludes halogenated alkanes) is 1. The number of carboxylic acid groups (broad SMARTS) is 1. The molecule has 1 aliphatic heterocycles. The van der Waals surface area contributed by atoms with Gasteiger partial charge in [0.2, 0.25) is 0 Å². The number of aliphatic carboxylic acids is 1. The van der Waals surface area contributed by atoms with Crippen molar-refractivity contribution in [2.45, 2.75) is 32.6 Å². The molecule has 126 valence electrons. The molecule has 0 unspecified atom stereocenters. The SMILES string of the molecule is Cc1cccc(C(=O)N2CCCN(CCCCC(=O)O)CC2)c1. The number of carbonyl (C=O) groups excluding carboxylic acids is 1. The van der Waals surface area contributed by atoms with Gasteiger partial charge in [0.05, 0.1) is 0 Å². The number of aryl methyl sites for hydroxylation is 1. The van der Waals surface area contributed by atoms with Gasteiger partial charge in [-0.1, -0.05) is 17.7 Å². The topological polar surface area (TPSA) is 60.9 Å². The first-order valence-corrected chi connectivity index (χ1v) is 8.36. The molecule has 1 N–H and O–H groups in total. The number of nitrogens with zero attached hydrogens (tertiary/aromatic N) is 2. The normalized spacial score (nSPS) is 16.1. The third kappa shape index (κ3) is 5.67. The Kier molecular flexibility index (Phi) is 6.59. The molecule has 0 aliphatic carbocycles. The van der Waals surface area contributed by atoms with Crippen molar-refractivity contribution in [3.63, 3.8) is 0 Å². The Balaban J connectivity index is 1.81. The number of benzene rings is 1. The first-order valence-electron chi connectivity index (χ1n) is 8.36. The molecule has 0 saturated carbocycles. The standard InChI is InChI=1S/C18H26N2O3/c1-15-6-4-7-16(14-15)18(23)20-11-5-10-19(12-13-20)9-3-2-8-17(21)22/h4,6-7,14H,2-3,5,8-13H2,1H3,(H,21,22). The summed E-state index contributed by atoms with van der Waals surface area (Å²) < 4.78 is 0. The van der Waals surface area contributed by atoms with E-state index in [1.165, 1.54) is 0 Å². The van der Waals surface area contributed by atoms with Gasteiger partial charge in [-0.2, -0.15) is 0 Å². The van der Waals surface area contributed by atoms with Gasteiger partial charge in [0, 0.05) is 31.6 Å². The lowest BCUT2D eigenvalue weighted by molar-refractivity contribution is -0.137. The zero-order chi connectivity index (χ0) is 16.7. The largest absolute Gasteiger partial charge is 0.481 e. The smallest absolute Gasteiger partial charge is 0.303 e. The van der Waals surface area contributed by atoms with E-state index in [1.54, 1.807) is 0 Å². The predicted octanol–water partition coefficient (Wildman–Crippen LogP) is 2.40. The van der Waals surface area contributed by atoms with Gasteiger partial charge in [-0.15, -0.1) is 0 Å². The van der Waals surface area contributed by atoms with E-state index in [9.17, 15) is 9.59 Å². The molecule has 2 rings (SSSR count). The number of rotatable bonds is 6. The maximum absolute atomic E-state index is 12.6. The van der Waals surface area contributed by atoms with E-state index in [4.69, 9.17) is 5.11 Å². The third-order valence-corrected chi connectivity index (χ3v) is 4.26. The lowest BCUT2D eigenvalue weighted by Crippen LogP contribution is -2.35. The maximum Gasteiger partial charge on any atom is 0.303 e. The van der Waals surface area contributed by atoms with Gasteiger partial charge in [0.25, 0.3) is 5.91 Å². The van der Waals surface area contributed by atoms with Crippen LogP contribution in [0.2, 0.25) is 0 Å². The van der Waals surface area contributed by atoms with Crippen LogP contribution < -0.4 is 0 Å². The average Bonchev–Trinajstić information content (AvgIpc) is 2.76. The molecule has 5 nitrogen and oxygen atoms in total. The number of carbonyl (C=O) groups is 2. The van der Waals surface area contributed by atoms with Crippen molar-refractivity contribution in [2.75, 3.05) is 32.7 Å². The zero-order valence-electron chi connectivity index (χ0n) is 13.8. The second kappa shape index (κ2) is 8.67. The monoisotopic (exact) mass is 318 g/mol. The van der Waals surface area contributed by atoms with Crippen molar-refractivity contribution in [3.8, 4) is 0 Å². The third-order valence-electron chi connectivity index (χ3n) is 4.26. The number of hydrogen-bond donors (Lipinski definition) is 1. The molecule has 0 aromatic heterocycles. The number of amides is 1. The van der Waals surface area contributed by atoms with Crippen molar-refractivity contribution in [2.24, 2.45) is 0 Å². The molecular weight excluding hydrogens is 292 g/mol. The summed E-state index contributed by atoms with van der Waals surface area (Å²) in [5.74, 6) is -0.614. The number of hydrogen-bond acceptors (Lipinski definition) is 3. The van der Waals surface area contributed by atoms with Crippen LogP contribution in [0.25, 0.3) is 0 Å².